The van der Waals surface area contributed by atoms with Gasteiger partial charge in [0, 0.05) is 5.56 Å². The molecule has 0 aliphatic rings. The standard InChI is InChI=1S/C20H12F4O2/c21-14-10-11-16(17(12-14)20(22,23)24)19(25)26-18-9-5-4-8-15(18)13-6-2-1-3-7-13/h1-12H. The van der Waals surface area contributed by atoms with Gasteiger partial charge in [-0.3, -0.25) is 0 Å². The highest BCUT2D eigenvalue weighted by molar-refractivity contribution is 5.94. The molecular weight excluding hydrogens is 348 g/mol. The van der Waals surface area contributed by atoms with Gasteiger partial charge in [0.25, 0.3) is 0 Å². The van der Waals surface area contributed by atoms with Crippen LogP contribution in [-0.2, 0) is 6.18 Å². The van der Waals surface area contributed by atoms with E-state index in [-0.39, 0.29) is 11.8 Å². The summed E-state index contributed by atoms with van der Waals surface area (Å²) >= 11 is 0. The van der Waals surface area contributed by atoms with Crippen molar-refractivity contribution >= 4 is 5.97 Å². The number of carbonyl (C=O) groups is 1. The molecule has 3 rings (SSSR count). The normalized spacial score (nSPS) is 11.2. The Morgan fingerprint density at radius 2 is 1.50 bits per heavy atom. The lowest BCUT2D eigenvalue weighted by molar-refractivity contribution is -0.138. The summed E-state index contributed by atoms with van der Waals surface area (Å²) in [4.78, 5) is 12.3. The fraction of sp³-hybridized carbons (Fsp3) is 0.0500. The molecular formula is C20H12F4O2. The van der Waals surface area contributed by atoms with Crippen molar-refractivity contribution in [1.82, 2.24) is 0 Å². The van der Waals surface area contributed by atoms with E-state index >= 15 is 0 Å². The number of esters is 1. The molecule has 6 heteroatoms. The first kappa shape index (κ1) is 17.7. The Bertz CT molecular complexity index is 934. The van der Waals surface area contributed by atoms with Crippen molar-refractivity contribution in [3.63, 3.8) is 0 Å². The Morgan fingerprint density at radius 3 is 2.19 bits per heavy atom. The van der Waals surface area contributed by atoms with Gasteiger partial charge in [0.1, 0.15) is 11.6 Å². The first-order chi connectivity index (χ1) is 12.4. The molecule has 0 radical (unpaired) electrons. The lowest BCUT2D eigenvalue weighted by Gasteiger charge is -2.14. The number of hydrogen-bond donors (Lipinski definition) is 0. The predicted octanol–water partition coefficient (Wildman–Crippen LogP) is 5.73. The lowest BCUT2D eigenvalue weighted by atomic mass is 10.0. The van der Waals surface area contributed by atoms with Gasteiger partial charge >= 0.3 is 12.1 Å². The molecule has 2 nitrogen and oxygen atoms in total. The zero-order chi connectivity index (χ0) is 18.7. The molecule has 0 atom stereocenters. The molecule has 0 aliphatic heterocycles. The first-order valence-electron chi connectivity index (χ1n) is 7.59. The molecule has 3 aromatic carbocycles. The van der Waals surface area contributed by atoms with Crippen LogP contribution in [0, 0.1) is 5.82 Å². The van der Waals surface area contributed by atoms with E-state index in [1.165, 1.54) is 6.07 Å². The molecule has 0 N–H and O–H groups in total. The van der Waals surface area contributed by atoms with E-state index < -0.39 is 29.1 Å². The average Bonchev–Trinajstić information content (AvgIpc) is 2.62. The number of carbonyl (C=O) groups excluding carboxylic acids is 1. The van der Waals surface area contributed by atoms with Crippen molar-refractivity contribution in [2.45, 2.75) is 6.18 Å². The Hall–Kier alpha value is -3.15. The number of para-hydroxylation sites is 1. The minimum atomic E-state index is -4.88. The summed E-state index contributed by atoms with van der Waals surface area (Å²) < 4.78 is 57.7. The molecule has 0 unspecified atom stereocenters. The van der Waals surface area contributed by atoms with Crippen LogP contribution in [-0.4, -0.2) is 5.97 Å². The second-order valence-electron chi connectivity index (χ2n) is 5.44. The maximum Gasteiger partial charge on any atom is 0.417 e. The van der Waals surface area contributed by atoms with Gasteiger partial charge in [-0.15, -0.1) is 0 Å². The van der Waals surface area contributed by atoms with Gasteiger partial charge in [0.2, 0.25) is 0 Å². The summed E-state index contributed by atoms with van der Waals surface area (Å²) in [5.41, 5.74) is -0.829. The highest BCUT2D eigenvalue weighted by Crippen LogP contribution is 2.34. The van der Waals surface area contributed by atoms with E-state index in [1.807, 2.05) is 6.07 Å². The van der Waals surface area contributed by atoms with Crippen LogP contribution in [0.15, 0.2) is 72.8 Å². The molecule has 26 heavy (non-hydrogen) atoms. The van der Waals surface area contributed by atoms with Crippen LogP contribution in [0.25, 0.3) is 11.1 Å². The van der Waals surface area contributed by atoms with E-state index in [4.69, 9.17) is 4.74 Å². The van der Waals surface area contributed by atoms with Crippen molar-refractivity contribution in [2.24, 2.45) is 0 Å². The molecule has 0 aromatic heterocycles. The van der Waals surface area contributed by atoms with Crippen LogP contribution in [0.1, 0.15) is 15.9 Å². The molecule has 0 fully saturated rings. The summed E-state index contributed by atoms with van der Waals surface area (Å²) in [6.07, 6.45) is -4.88. The van der Waals surface area contributed by atoms with E-state index in [1.54, 1.807) is 42.5 Å². The smallest absolute Gasteiger partial charge is 0.417 e. The maximum absolute atomic E-state index is 13.2. The lowest BCUT2D eigenvalue weighted by Crippen LogP contribution is -2.17. The van der Waals surface area contributed by atoms with E-state index in [2.05, 4.69) is 0 Å². The Labute approximate surface area is 146 Å². The van der Waals surface area contributed by atoms with Gasteiger partial charge in [-0.25, -0.2) is 9.18 Å². The molecule has 0 aliphatic carbocycles. The van der Waals surface area contributed by atoms with Crippen LogP contribution in [0.5, 0.6) is 5.75 Å². The van der Waals surface area contributed by atoms with Crippen molar-refractivity contribution in [3.05, 3.63) is 89.7 Å². The largest absolute Gasteiger partial charge is 0.422 e. The van der Waals surface area contributed by atoms with Gasteiger partial charge in [0.15, 0.2) is 0 Å². The number of rotatable bonds is 3. The predicted molar refractivity (Wildman–Crippen MR) is 88.2 cm³/mol. The molecule has 132 valence electrons. The van der Waals surface area contributed by atoms with Gasteiger partial charge in [-0.05, 0) is 29.8 Å². The zero-order valence-electron chi connectivity index (χ0n) is 13.3. The fourth-order valence-electron chi connectivity index (χ4n) is 2.50. The Morgan fingerprint density at radius 1 is 0.846 bits per heavy atom. The minimum absolute atomic E-state index is 0.112. The Balaban J connectivity index is 1.98. The highest BCUT2D eigenvalue weighted by atomic mass is 19.4. The SMILES string of the molecule is O=C(Oc1ccccc1-c1ccccc1)c1ccc(F)cc1C(F)(F)F. The molecule has 3 aromatic rings. The van der Waals surface area contributed by atoms with Crippen molar-refractivity contribution in [2.75, 3.05) is 0 Å². The van der Waals surface area contributed by atoms with Crippen LogP contribution < -0.4 is 4.74 Å². The summed E-state index contributed by atoms with van der Waals surface area (Å²) in [7, 11) is 0. The minimum Gasteiger partial charge on any atom is -0.422 e. The third kappa shape index (κ3) is 3.74. The molecule has 0 heterocycles. The van der Waals surface area contributed by atoms with E-state index in [9.17, 15) is 22.4 Å². The number of hydrogen-bond acceptors (Lipinski definition) is 2. The van der Waals surface area contributed by atoms with Crippen LogP contribution in [0.2, 0.25) is 0 Å². The average molecular weight is 360 g/mol. The zero-order valence-corrected chi connectivity index (χ0v) is 13.3. The van der Waals surface area contributed by atoms with Gasteiger partial charge < -0.3 is 4.74 Å². The third-order valence-electron chi connectivity index (χ3n) is 3.68. The molecule has 0 amide bonds. The van der Waals surface area contributed by atoms with E-state index in [0.717, 1.165) is 17.7 Å². The molecule has 0 saturated heterocycles. The maximum atomic E-state index is 13.2. The number of benzene rings is 3. The second-order valence-corrected chi connectivity index (χ2v) is 5.44. The van der Waals surface area contributed by atoms with Gasteiger partial charge in [-0.2, -0.15) is 13.2 Å². The van der Waals surface area contributed by atoms with Crippen LogP contribution in [0.4, 0.5) is 17.6 Å². The Kier molecular flexibility index (Phi) is 4.75. The molecule has 0 saturated carbocycles. The fourth-order valence-corrected chi connectivity index (χ4v) is 2.50. The highest BCUT2D eigenvalue weighted by Gasteiger charge is 2.36. The third-order valence-corrected chi connectivity index (χ3v) is 3.68. The monoisotopic (exact) mass is 360 g/mol. The number of alkyl halides is 3. The van der Waals surface area contributed by atoms with Gasteiger partial charge in [-0.1, -0.05) is 48.5 Å². The number of ether oxygens (including phenoxy) is 1. The number of halogens is 4. The van der Waals surface area contributed by atoms with E-state index in [0.29, 0.717) is 5.56 Å². The van der Waals surface area contributed by atoms with Crippen LogP contribution in [0.3, 0.4) is 0 Å². The summed E-state index contributed by atoms with van der Waals surface area (Å²) in [6.45, 7) is 0. The van der Waals surface area contributed by atoms with Crippen molar-refractivity contribution < 1.29 is 27.1 Å². The van der Waals surface area contributed by atoms with Crippen molar-refractivity contribution in [1.29, 1.82) is 0 Å². The van der Waals surface area contributed by atoms with Crippen LogP contribution >= 0.6 is 0 Å². The second kappa shape index (κ2) is 7.00. The summed E-state index contributed by atoms with van der Waals surface area (Å²) in [5, 5.41) is 0. The van der Waals surface area contributed by atoms with Gasteiger partial charge in [0.05, 0.1) is 11.1 Å². The molecule has 0 bridgehead atoms. The topological polar surface area (TPSA) is 26.3 Å². The summed E-state index contributed by atoms with van der Waals surface area (Å²) in [5.74, 6) is -2.18. The first-order valence-corrected chi connectivity index (χ1v) is 7.59. The summed E-state index contributed by atoms with van der Waals surface area (Å²) in [6, 6.07) is 17.3. The molecule has 0 spiro atoms. The van der Waals surface area contributed by atoms with Crippen molar-refractivity contribution in [3.8, 4) is 16.9 Å². The quantitative estimate of drug-likeness (QED) is 0.339.